The third-order valence-electron chi connectivity index (χ3n) is 3.82. The van der Waals surface area contributed by atoms with Crippen molar-refractivity contribution in [3.8, 4) is 5.75 Å². The molecule has 0 aliphatic carbocycles. The van der Waals surface area contributed by atoms with Gasteiger partial charge in [0.1, 0.15) is 5.75 Å². The Morgan fingerprint density at radius 2 is 1.35 bits per heavy atom. The molecule has 0 atom stereocenters. The molecule has 1 aromatic carbocycles. The van der Waals surface area contributed by atoms with E-state index < -0.39 is 8.32 Å². The summed E-state index contributed by atoms with van der Waals surface area (Å²) < 4.78 is 11.7. The Morgan fingerprint density at radius 1 is 0.850 bits per heavy atom. The van der Waals surface area contributed by atoms with Crippen molar-refractivity contribution in [1.29, 1.82) is 0 Å². The minimum atomic E-state index is -1.53. The van der Waals surface area contributed by atoms with E-state index in [-0.39, 0.29) is 0 Å². The van der Waals surface area contributed by atoms with Gasteiger partial charge in [-0.25, -0.2) is 0 Å². The fourth-order valence-electron chi connectivity index (χ4n) is 2.92. The largest absolute Gasteiger partial charge is 0.497 e. The average molecular weight is 295 g/mol. The molecule has 3 heteroatoms. The molecule has 20 heavy (non-hydrogen) atoms. The Hall–Kier alpha value is -0.803. The minimum absolute atomic E-state index is 0.760. The summed E-state index contributed by atoms with van der Waals surface area (Å²) in [4.78, 5) is 0. The first-order valence-corrected chi connectivity index (χ1v) is 10.5. The van der Waals surface area contributed by atoms with Crippen LogP contribution in [0.15, 0.2) is 24.3 Å². The number of hydrogen-bond acceptors (Lipinski definition) is 2. The average Bonchev–Trinajstić information content (AvgIpc) is 2.46. The van der Waals surface area contributed by atoms with Gasteiger partial charge in [-0.1, -0.05) is 52.2 Å². The molecule has 2 nitrogen and oxygen atoms in total. The first-order chi connectivity index (χ1) is 9.69. The van der Waals surface area contributed by atoms with Crippen LogP contribution in [0.25, 0.3) is 0 Å². The van der Waals surface area contributed by atoms with Crippen molar-refractivity contribution in [2.45, 2.75) is 64.8 Å². The monoisotopic (exact) mass is 294 g/mol. The Balaban J connectivity index is 2.67. The van der Waals surface area contributed by atoms with Gasteiger partial charge in [0, 0.05) is 0 Å². The number of benzene rings is 1. The van der Waals surface area contributed by atoms with Gasteiger partial charge in [0.15, 0.2) is 8.32 Å². The summed E-state index contributed by atoms with van der Waals surface area (Å²) in [7, 11) is 0.170. The van der Waals surface area contributed by atoms with Gasteiger partial charge in [0.25, 0.3) is 0 Å². The van der Waals surface area contributed by atoms with Crippen molar-refractivity contribution in [3.63, 3.8) is 0 Å². The van der Waals surface area contributed by atoms with Crippen LogP contribution < -0.4 is 4.74 Å². The van der Waals surface area contributed by atoms with Gasteiger partial charge in [-0.2, -0.15) is 0 Å². The van der Waals surface area contributed by atoms with E-state index in [1.54, 1.807) is 7.11 Å². The Bertz CT molecular complexity index is 345. The summed E-state index contributed by atoms with van der Waals surface area (Å²) in [5.74, 6) is 0.910. The highest BCUT2D eigenvalue weighted by Gasteiger charge is 2.32. The first-order valence-electron chi connectivity index (χ1n) is 7.96. The lowest BCUT2D eigenvalue weighted by atomic mass is 10.2. The molecule has 0 N–H and O–H groups in total. The van der Waals surface area contributed by atoms with Crippen LogP contribution in [-0.4, -0.2) is 15.4 Å². The second kappa shape index (κ2) is 9.19. The molecule has 0 bridgehead atoms. The summed E-state index contributed by atoms with van der Waals surface area (Å²) in [5.41, 5.74) is 1.26. The van der Waals surface area contributed by atoms with Crippen LogP contribution in [0.4, 0.5) is 0 Å². The molecule has 0 aliphatic rings. The predicted molar refractivity (Wildman–Crippen MR) is 88.8 cm³/mol. The van der Waals surface area contributed by atoms with Crippen molar-refractivity contribution in [2.24, 2.45) is 0 Å². The Morgan fingerprint density at radius 3 is 1.75 bits per heavy atom. The lowest BCUT2D eigenvalue weighted by molar-refractivity contribution is 0.283. The number of hydrogen-bond donors (Lipinski definition) is 0. The van der Waals surface area contributed by atoms with E-state index in [2.05, 4.69) is 32.9 Å². The maximum Gasteiger partial charge on any atom is 0.193 e. The molecule has 1 rings (SSSR count). The van der Waals surface area contributed by atoms with Crippen LogP contribution in [0.2, 0.25) is 18.1 Å². The summed E-state index contributed by atoms with van der Waals surface area (Å²) in [6.45, 7) is 7.60. The summed E-state index contributed by atoms with van der Waals surface area (Å²) in [6, 6.07) is 12.1. The fourth-order valence-corrected chi connectivity index (χ4v) is 7.31. The highest BCUT2D eigenvalue weighted by molar-refractivity contribution is 6.73. The maximum atomic E-state index is 6.51. The first kappa shape index (κ1) is 17.2. The Kier molecular flexibility index (Phi) is 7.93. The molecular weight excluding hydrogens is 264 g/mol. The van der Waals surface area contributed by atoms with E-state index in [9.17, 15) is 0 Å². The van der Waals surface area contributed by atoms with Crippen LogP contribution in [0.3, 0.4) is 0 Å². The molecule has 0 fully saturated rings. The zero-order valence-electron chi connectivity index (χ0n) is 13.6. The van der Waals surface area contributed by atoms with E-state index in [1.165, 1.54) is 43.0 Å². The van der Waals surface area contributed by atoms with E-state index in [1.807, 2.05) is 12.1 Å². The topological polar surface area (TPSA) is 18.5 Å². The summed E-state index contributed by atoms with van der Waals surface area (Å²) in [5, 5.41) is 0. The van der Waals surface area contributed by atoms with Gasteiger partial charge in [-0.15, -0.1) is 0 Å². The number of ether oxygens (including phenoxy) is 1. The van der Waals surface area contributed by atoms with Crippen molar-refractivity contribution >= 4 is 8.32 Å². The van der Waals surface area contributed by atoms with E-state index in [0.717, 1.165) is 12.4 Å². The SMILES string of the molecule is CCC[Si](CCC)(CCC)OCc1ccc(OC)cc1. The van der Waals surface area contributed by atoms with Crippen LogP contribution in [0, 0.1) is 0 Å². The highest BCUT2D eigenvalue weighted by Crippen LogP contribution is 2.28. The second-order valence-corrected chi connectivity index (χ2v) is 9.72. The van der Waals surface area contributed by atoms with Crippen LogP contribution in [-0.2, 0) is 11.0 Å². The fraction of sp³-hybridized carbons (Fsp3) is 0.647. The molecule has 0 radical (unpaired) electrons. The van der Waals surface area contributed by atoms with Gasteiger partial charge in [0.05, 0.1) is 13.7 Å². The smallest absolute Gasteiger partial charge is 0.193 e. The van der Waals surface area contributed by atoms with Crippen molar-refractivity contribution in [2.75, 3.05) is 7.11 Å². The minimum Gasteiger partial charge on any atom is -0.497 e. The lowest BCUT2D eigenvalue weighted by Gasteiger charge is -2.31. The third kappa shape index (κ3) is 5.29. The molecule has 1 aromatic rings. The molecule has 0 aliphatic heterocycles. The van der Waals surface area contributed by atoms with Crippen molar-refractivity contribution < 1.29 is 9.16 Å². The molecule has 0 unspecified atom stereocenters. The lowest BCUT2D eigenvalue weighted by Crippen LogP contribution is -2.37. The number of rotatable bonds is 10. The molecule has 114 valence electrons. The second-order valence-electron chi connectivity index (χ2n) is 5.57. The van der Waals surface area contributed by atoms with Gasteiger partial charge in [-0.05, 0) is 35.8 Å². The standard InChI is InChI=1S/C17H30O2Si/c1-5-12-20(13-6-2,14-7-3)19-15-16-8-10-17(18-4)11-9-16/h8-11H,5-7,12-15H2,1-4H3. The molecule has 0 aromatic heterocycles. The van der Waals surface area contributed by atoms with E-state index in [4.69, 9.17) is 9.16 Å². The molecule has 0 heterocycles. The third-order valence-corrected chi connectivity index (χ3v) is 8.81. The predicted octanol–water partition coefficient (Wildman–Crippen LogP) is 5.39. The summed E-state index contributed by atoms with van der Waals surface area (Å²) >= 11 is 0. The van der Waals surface area contributed by atoms with E-state index in [0.29, 0.717) is 0 Å². The van der Waals surface area contributed by atoms with E-state index >= 15 is 0 Å². The van der Waals surface area contributed by atoms with Crippen LogP contribution in [0.5, 0.6) is 5.75 Å². The Labute approximate surface area is 125 Å². The number of methoxy groups -OCH3 is 1. The van der Waals surface area contributed by atoms with Gasteiger partial charge in [-0.3, -0.25) is 0 Å². The van der Waals surface area contributed by atoms with Crippen molar-refractivity contribution in [1.82, 2.24) is 0 Å². The molecule has 0 spiro atoms. The molecule has 0 saturated heterocycles. The zero-order valence-corrected chi connectivity index (χ0v) is 14.6. The van der Waals surface area contributed by atoms with Crippen molar-refractivity contribution in [3.05, 3.63) is 29.8 Å². The molecule has 0 saturated carbocycles. The molecule has 0 amide bonds. The van der Waals surface area contributed by atoms with Gasteiger partial charge < -0.3 is 9.16 Å². The molecular formula is C17H30O2Si. The maximum absolute atomic E-state index is 6.51. The van der Waals surface area contributed by atoms with Gasteiger partial charge >= 0.3 is 0 Å². The van der Waals surface area contributed by atoms with Crippen LogP contribution >= 0.6 is 0 Å². The highest BCUT2D eigenvalue weighted by atomic mass is 28.4. The zero-order chi connectivity index (χ0) is 14.8. The summed E-state index contributed by atoms with van der Waals surface area (Å²) in [6.07, 6.45) is 3.73. The van der Waals surface area contributed by atoms with Crippen LogP contribution in [0.1, 0.15) is 45.6 Å². The van der Waals surface area contributed by atoms with Gasteiger partial charge in [0.2, 0.25) is 0 Å². The normalized spacial score (nSPS) is 11.6. The quantitative estimate of drug-likeness (QED) is 0.539.